The van der Waals surface area contributed by atoms with Gasteiger partial charge in [0.15, 0.2) is 0 Å². The molecular formula is C15H21N7OS. The molecule has 2 aromatic heterocycles. The monoisotopic (exact) mass is 347 g/mol. The van der Waals surface area contributed by atoms with Crippen molar-refractivity contribution < 1.29 is 4.79 Å². The smallest absolute Gasteiger partial charge is 0.291 e. The van der Waals surface area contributed by atoms with Gasteiger partial charge >= 0.3 is 0 Å². The van der Waals surface area contributed by atoms with Crippen molar-refractivity contribution in [2.45, 2.75) is 44.8 Å². The summed E-state index contributed by atoms with van der Waals surface area (Å²) in [6, 6.07) is 0. The zero-order valence-corrected chi connectivity index (χ0v) is 14.8. The van der Waals surface area contributed by atoms with Crippen molar-refractivity contribution in [1.82, 2.24) is 34.8 Å². The van der Waals surface area contributed by atoms with E-state index in [0.29, 0.717) is 24.8 Å². The van der Waals surface area contributed by atoms with Gasteiger partial charge in [0.1, 0.15) is 15.8 Å². The number of amides is 1. The molecule has 2 aliphatic rings. The molecule has 1 aliphatic heterocycles. The third kappa shape index (κ3) is 2.82. The van der Waals surface area contributed by atoms with Crippen LogP contribution in [0.4, 0.5) is 0 Å². The first-order valence-corrected chi connectivity index (χ1v) is 9.12. The molecule has 0 saturated heterocycles. The average Bonchev–Trinajstić information content (AvgIpc) is 3.09. The van der Waals surface area contributed by atoms with Gasteiger partial charge in [0.05, 0.1) is 13.1 Å². The number of fused-ring (bicyclic) bond motifs is 1. The maximum absolute atomic E-state index is 12.1. The van der Waals surface area contributed by atoms with E-state index in [9.17, 15) is 4.79 Å². The van der Waals surface area contributed by atoms with Crippen molar-refractivity contribution >= 4 is 17.2 Å². The van der Waals surface area contributed by atoms with Crippen molar-refractivity contribution in [2.75, 3.05) is 20.6 Å². The first kappa shape index (κ1) is 15.6. The van der Waals surface area contributed by atoms with Gasteiger partial charge < -0.3 is 9.47 Å². The summed E-state index contributed by atoms with van der Waals surface area (Å²) in [6.45, 7) is 2.82. The number of nitrogens with zero attached hydrogens (tertiary/aromatic N) is 7. The van der Waals surface area contributed by atoms with E-state index in [0.717, 1.165) is 23.9 Å². The summed E-state index contributed by atoms with van der Waals surface area (Å²) in [5.41, 5.74) is 0. The third-order valence-corrected chi connectivity index (χ3v) is 5.85. The Hall–Kier alpha value is -1.87. The average molecular weight is 347 g/mol. The second-order valence-corrected chi connectivity index (χ2v) is 7.75. The number of hydrogen-bond acceptors (Lipinski definition) is 7. The van der Waals surface area contributed by atoms with Crippen molar-refractivity contribution in [3.8, 4) is 0 Å². The molecule has 0 bridgehead atoms. The number of carbonyl (C=O) groups excluding carboxylic acids is 1. The lowest BCUT2D eigenvalue weighted by atomic mass is 9.86. The van der Waals surface area contributed by atoms with E-state index < -0.39 is 0 Å². The molecule has 2 aromatic rings. The molecular weight excluding hydrogens is 326 g/mol. The fourth-order valence-corrected chi connectivity index (χ4v) is 4.14. The van der Waals surface area contributed by atoms with Crippen LogP contribution < -0.4 is 0 Å². The van der Waals surface area contributed by atoms with Crippen molar-refractivity contribution in [3.63, 3.8) is 0 Å². The second-order valence-electron chi connectivity index (χ2n) is 6.65. The highest BCUT2D eigenvalue weighted by Crippen LogP contribution is 2.37. The fraction of sp³-hybridized carbons (Fsp3) is 0.667. The van der Waals surface area contributed by atoms with Crippen LogP contribution in [-0.2, 0) is 19.6 Å². The predicted octanol–water partition coefficient (Wildman–Crippen LogP) is 1.11. The number of rotatable bonds is 5. The summed E-state index contributed by atoms with van der Waals surface area (Å²) < 4.78 is 1.93. The molecule has 0 unspecified atom stereocenters. The molecule has 1 fully saturated rings. The van der Waals surface area contributed by atoms with E-state index in [1.807, 2.05) is 11.6 Å². The van der Waals surface area contributed by atoms with Crippen LogP contribution in [0.3, 0.4) is 0 Å². The molecule has 1 aliphatic carbocycles. The SMILES string of the molecule is CN(Cc1nnc(C2CCC2)s1)Cc1nnc2n1CCN(C)C2=O. The minimum absolute atomic E-state index is 0.0584. The van der Waals surface area contributed by atoms with E-state index in [1.165, 1.54) is 24.3 Å². The van der Waals surface area contributed by atoms with Gasteiger partial charge in [-0.05, 0) is 19.9 Å². The third-order valence-electron chi connectivity index (χ3n) is 4.78. The molecule has 0 radical (unpaired) electrons. The number of carbonyl (C=O) groups is 1. The highest BCUT2D eigenvalue weighted by atomic mass is 32.1. The van der Waals surface area contributed by atoms with E-state index in [1.54, 1.807) is 23.3 Å². The molecule has 128 valence electrons. The zero-order chi connectivity index (χ0) is 16.7. The van der Waals surface area contributed by atoms with Gasteiger partial charge in [-0.2, -0.15) is 0 Å². The van der Waals surface area contributed by atoms with Gasteiger partial charge in [-0.1, -0.05) is 17.8 Å². The molecule has 0 atom stereocenters. The fourth-order valence-electron chi connectivity index (χ4n) is 3.05. The van der Waals surface area contributed by atoms with Crippen LogP contribution >= 0.6 is 11.3 Å². The Balaban J connectivity index is 1.41. The summed E-state index contributed by atoms with van der Waals surface area (Å²) in [6.07, 6.45) is 3.81. The standard InChI is InChI=1S/C15H21N7OS/c1-20(9-12-17-19-14(24-12)10-4-3-5-10)8-11-16-18-13-15(23)21(2)6-7-22(11)13/h10H,3-9H2,1-2H3. The van der Waals surface area contributed by atoms with E-state index in [4.69, 9.17) is 0 Å². The van der Waals surface area contributed by atoms with E-state index in [-0.39, 0.29) is 5.91 Å². The van der Waals surface area contributed by atoms with Gasteiger partial charge in [0, 0.05) is 26.1 Å². The van der Waals surface area contributed by atoms with Crippen molar-refractivity contribution in [1.29, 1.82) is 0 Å². The Labute approximate surface area is 144 Å². The van der Waals surface area contributed by atoms with Crippen molar-refractivity contribution in [3.05, 3.63) is 21.7 Å². The van der Waals surface area contributed by atoms with Crippen LogP contribution in [0, 0.1) is 0 Å². The molecule has 9 heteroatoms. The van der Waals surface area contributed by atoms with Gasteiger partial charge in [-0.15, -0.1) is 20.4 Å². The Bertz CT molecular complexity index is 751. The predicted molar refractivity (Wildman–Crippen MR) is 88.7 cm³/mol. The molecule has 0 spiro atoms. The maximum atomic E-state index is 12.1. The maximum Gasteiger partial charge on any atom is 0.291 e. The van der Waals surface area contributed by atoms with Crippen LogP contribution in [0.5, 0.6) is 0 Å². The lowest BCUT2D eigenvalue weighted by molar-refractivity contribution is 0.0739. The molecule has 1 saturated carbocycles. The van der Waals surface area contributed by atoms with Crippen LogP contribution in [-0.4, -0.2) is 61.3 Å². The first-order chi connectivity index (χ1) is 11.6. The second kappa shape index (κ2) is 6.21. The van der Waals surface area contributed by atoms with E-state index >= 15 is 0 Å². The minimum atomic E-state index is -0.0584. The van der Waals surface area contributed by atoms with Gasteiger partial charge in [-0.3, -0.25) is 9.69 Å². The van der Waals surface area contributed by atoms with E-state index in [2.05, 4.69) is 25.3 Å². The summed E-state index contributed by atoms with van der Waals surface area (Å²) in [5.74, 6) is 1.85. The normalized spacial score (nSPS) is 18.1. The molecule has 1 amide bonds. The first-order valence-electron chi connectivity index (χ1n) is 8.30. The molecule has 4 rings (SSSR count). The van der Waals surface area contributed by atoms with Gasteiger partial charge in [-0.25, -0.2) is 0 Å². The number of hydrogen-bond donors (Lipinski definition) is 0. The van der Waals surface area contributed by atoms with Crippen LogP contribution in [0.2, 0.25) is 0 Å². The zero-order valence-electron chi connectivity index (χ0n) is 14.0. The topological polar surface area (TPSA) is 80.0 Å². The molecule has 0 aromatic carbocycles. The Kier molecular flexibility index (Phi) is 4.05. The highest BCUT2D eigenvalue weighted by molar-refractivity contribution is 7.11. The van der Waals surface area contributed by atoms with Gasteiger partial charge in [0.25, 0.3) is 5.91 Å². The lowest BCUT2D eigenvalue weighted by Crippen LogP contribution is -2.38. The van der Waals surface area contributed by atoms with Crippen LogP contribution in [0.25, 0.3) is 0 Å². The number of aromatic nitrogens is 5. The Morgan fingerprint density at radius 1 is 1.17 bits per heavy atom. The van der Waals surface area contributed by atoms with Crippen LogP contribution in [0.15, 0.2) is 0 Å². The summed E-state index contributed by atoms with van der Waals surface area (Å²) in [7, 11) is 3.82. The van der Waals surface area contributed by atoms with Crippen LogP contribution in [0.1, 0.15) is 51.6 Å². The minimum Gasteiger partial charge on any atom is -0.337 e. The highest BCUT2D eigenvalue weighted by Gasteiger charge is 2.27. The molecule has 8 nitrogen and oxygen atoms in total. The summed E-state index contributed by atoms with van der Waals surface area (Å²) in [4.78, 5) is 15.9. The molecule has 24 heavy (non-hydrogen) atoms. The summed E-state index contributed by atoms with van der Waals surface area (Å²) >= 11 is 1.72. The van der Waals surface area contributed by atoms with Gasteiger partial charge in [0.2, 0.25) is 5.82 Å². The number of likely N-dealkylation sites (N-methyl/N-ethyl adjacent to an activating group) is 1. The molecule has 0 N–H and O–H groups in total. The molecule has 3 heterocycles. The Morgan fingerprint density at radius 3 is 2.75 bits per heavy atom. The largest absolute Gasteiger partial charge is 0.337 e. The van der Waals surface area contributed by atoms with Crippen molar-refractivity contribution in [2.24, 2.45) is 0 Å². The Morgan fingerprint density at radius 2 is 2.00 bits per heavy atom. The summed E-state index contributed by atoms with van der Waals surface area (Å²) in [5, 5.41) is 19.1. The quantitative estimate of drug-likeness (QED) is 0.806. The lowest BCUT2D eigenvalue weighted by Gasteiger charge is -2.24.